The molecule has 55 heavy (non-hydrogen) atoms. The fourth-order valence-corrected chi connectivity index (χ4v) is 8.25. The van der Waals surface area contributed by atoms with Crippen molar-refractivity contribution in [3.8, 4) is 33.5 Å². The number of anilines is 6. The summed E-state index contributed by atoms with van der Waals surface area (Å²) < 4.78 is 0. The van der Waals surface area contributed by atoms with Crippen LogP contribution < -0.4 is 9.80 Å². The van der Waals surface area contributed by atoms with Crippen LogP contribution in [0.2, 0.25) is 0 Å². The molecule has 1 aliphatic carbocycles. The minimum Gasteiger partial charge on any atom is -0.310 e. The second-order valence-corrected chi connectivity index (χ2v) is 15.0. The van der Waals surface area contributed by atoms with Gasteiger partial charge in [-0.2, -0.15) is 0 Å². The first-order valence-electron chi connectivity index (χ1n) is 19.0. The molecule has 266 valence electrons. The fourth-order valence-electron chi connectivity index (χ4n) is 8.25. The van der Waals surface area contributed by atoms with Crippen molar-refractivity contribution < 1.29 is 0 Å². The standard InChI is InChI=1S/C52H43N3/c1-36-13-5-9-18-50(36)55(51-19-10-6-14-37(51)2)43-28-22-39(23-29-43)38-20-26-41(27-21-38)54(42-30-24-40(25-31-42)49-17-11-12-34-53-49)44-32-33-48-46(35-44)45-15-7-8-16-47(45)52(48,3)4/h5-35H,1-4H3. The molecule has 0 atom stereocenters. The van der Waals surface area contributed by atoms with Gasteiger partial charge in [-0.15, -0.1) is 0 Å². The van der Waals surface area contributed by atoms with Crippen LogP contribution in [-0.2, 0) is 5.41 Å². The van der Waals surface area contributed by atoms with E-state index in [-0.39, 0.29) is 5.41 Å². The summed E-state index contributed by atoms with van der Waals surface area (Å²) in [5, 5.41) is 0. The molecule has 0 bridgehead atoms. The number of rotatable bonds is 8. The SMILES string of the molecule is Cc1ccccc1N(c1ccc(-c2ccc(N(c3ccc(-c4ccccn4)cc3)c3ccc4c(c3)-c3ccccc3C4(C)C)cc2)cc1)c1ccccc1C. The predicted molar refractivity (Wildman–Crippen MR) is 232 cm³/mol. The molecule has 0 unspecified atom stereocenters. The molecule has 0 saturated carbocycles. The summed E-state index contributed by atoms with van der Waals surface area (Å²) in [5.74, 6) is 0. The molecule has 0 saturated heterocycles. The highest BCUT2D eigenvalue weighted by molar-refractivity contribution is 5.87. The van der Waals surface area contributed by atoms with E-state index in [0.29, 0.717) is 0 Å². The van der Waals surface area contributed by atoms with Crippen LogP contribution in [-0.4, -0.2) is 4.98 Å². The van der Waals surface area contributed by atoms with E-state index in [2.05, 4.69) is 212 Å². The molecule has 3 nitrogen and oxygen atoms in total. The van der Waals surface area contributed by atoms with Crippen LogP contribution in [0.4, 0.5) is 34.1 Å². The number of hydrogen-bond donors (Lipinski definition) is 0. The molecule has 0 spiro atoms. The molecule has 9 rings (SSSR count). The van der Waals surface area contributed by atoms with Crippen molar-refractivity contribution in [3.05, 3.63) is 210 Å². The van der Waals surface area contributed by atoms with Gasteiger partial charge in [0.1, 0.15) is 0 Å². The minimum atomic E-state index is -0.0479. The van der Waals surface area contributed by atoms with Gasteiger partial charge < -0.3 is 9.80 Å². The molecule has 0 radical (unpaired) electrons. The number of para-hydroxylation sites is 2. The summed E-state index contributed by atoms with van der Waals surface area (Å²) in [4.78, 5) is 9.32. The molecule has 0 fully saturated rings. The van der Waals surface area contributed by atoms with E-state index in [1.807, 2.05) is 18.3 Å². The van der Waals surface area contributed by atoms with Crippen molar-refractivity contribution in [1.29, 1.82) is 0 Å². The van der Waals surface area contributed by atoms with E-state index in [1.165, 1.54) is 55.9 Å². The number of benzene rings is 7. The van der Waals surface area contributed by atoms with Gasteiger partial charge in [0.2, 0.25) is 0 Å². The lowest BCUT2D eigenvalue weighted by atomic mass is 9.82. The number of hydrogen-bond acceptors (Lipinski definition) is 3. The van der Waals surface area contributed by atoms with E-state index in [1.54, 1.807) is 0 Å². The predicted octanol–water partition coefficient (Wildman–Crippen LogP) is 14.3. The summed E-state index contributed by atoms with van der Waals surface area (Å²) in [5.41, 5.74) is 19.0. The lowest BCUT2D eigenvalue weighted by Gasteiger charge is -2.28. The zero-order chi connectivity index (χ0) is 37.5. The van der Waals surface area contributed by atoms with Crippen LogP contribution >= 0.6 is 0 Å². The summed E-state index contributed by atoms with van der Waals surface area (Å²) in [6.45, 7) is 9.02. The van der Waals surface area contributed by atoms with Crippen molar-refractivity contribution in [1.82, 2.24) is 4.98 Å². The van der Waals surface area contributed by atoms with Gasteiger partial charge in [0, 0.05) is 51.3 Å². The van der Waals surface area contributed by atoms with Crippen molar-refractivity contribution >= 4 is 34.1 Å². The molecular weight excluding hydrogens is 667 g/mol. The van der Waals surface area contributed by atoms with Crippen LogP contribution in [0.15, 0.2) is 188 Å². The first-order chi connectivity index (χ1) is 26.9. The zero-order valence-corrected chi connectivity index (χ0v) is 31.7. The number of aromatic nitrogens is 1. The highest BCUT2D eigenvalue weighted by atomic mass is 15.1. The van der Waals surface area contributed by atoms with Crippen LogP contribution in [0.25, 0.3) is 33.5 Å². The molecule has 7 aromatic carbocycles. The van der Waals surface area contributed by atoms with E-state index in [0.717, 1.165) is 34.0 Å². The second-order valence-electron chi connectivity index (χ2n) is 15.0. The normalized spacial score (nSPS) is 12.5. The average Bonchev–Trinajstić information content (AvgIpc) is 3.46. The molecule has 8 aromatic rings. The minimum absolute atomic E-state index is 0.0479. The number of fused-ring (bicyclic) bond motifs is 3. The van der Waals surface area contributed by atoms with Gasteiger partial charge in [0.05, 0.1) is 5.69 Å². The molecular formula is C52H43N3. The Morgan fingerprint density at radius 1 is 0.400 bits per heavy atom. The van der Waals surface area contributed by atoms with Gasteiger partial charge in [-0.1, -0.05) is 123 Å². The monoisotopic (exact) mass is 709 g/mol. The van der Waals surface area contributed by atoms with Gasteiger partial charge in [0.25, 0.3) is 0 Å². The maximum Gasteiger partial charge on any atom is 0.0701 e. The highest BCUT2D eigenvalue weighted by Crippen LogP contribution is 2.50. The van der Waals surface area contributed by atoms with Crippen LogP contribution in [0.5, 0.6) is 0 Å². The van der Waals surface area contributed by atoms with Crippen molar-refractivity contribution in [3.63, 3.8) is 0 Å². The first-order valence-corrected chi connectivity index (χ1v) is 19.0. The van der Waals surface area contributed by atoms with Crippen LogP contribution in [0.1, 0.15) is 36.1 Å². The van der Waals surface area contributed by atoms with E-state index in [9.17, 15) is 0 Å². The average molecular weight is 710 g/mol. The Morgan fingerprint density at radius 2 is 0.873 bits per heavy atom. The highest BCUT2D eigenvalue weighted by Gasteiger charge is 2.35. The van der Waals surface area contributed by atoms with Gasteiger partial charge in [-0.3, -0.25) is 4.98 Å². The first kappa shape index (κ1) is 34.1. The topological polar surface area (TPSA) is 19.4 Å². The van der Waals surface area contributed by atoms with Gasteiger partial charge >= 0.3 is 0 Å². The van der Waals surface area contributed by atoms with Gasteiger partial charge in [-0.25, -0.2) is 0 Å². The molecule has 0 aliphatic heterocycles. The Labute approximate surface area is 324 Å². The fraction of sp³-hybridized carbons (Fsp3) is 0.0962. The molecule has 3 heteroatoms. The smallest absolute Gasteiger partial charge is 0.0701 e. The van der Waals surface area contributed by atoms with E-state index in [4.69, 9.17) is 0 Å². The summed E-state index contributed by atoms with van der Waals surface area (Å²) in [6.07, 6.45) is 1.85. The Balaban J connectivity index is 1.08. The van der Waals surface area contributed by atoms with Crippen LogP contribution in [0, 0.1) is 13.8 Å². The van der Waals surface area contributed by atoms with Crippen molar-refractivity contribution in [2.45, 2.75) is 33.1 Å². The Kier molecular flexibility index (Phi) is 8.63. The van der Waals surface area contributed by atoms with E-state index >= 15 is 0 Å². The number of nitrogens with zero attached hydrogens (tertiary/aromatic N) is 3. The third kappa shape index (κ3) is 6.18. The summed E-state index contributed by atoms with van der Waals surface area (Å²) in [6, 6.07) is 65.7. The Bertz CT molecular complexity index is 2580. The third-order valence-electron chi connectivity index (χ3n) is 11.2. The number of aryl methyl sites for hydroxylation is 2. The van der Waals surface area contributed by atoms with E-state index < -0.39 is 0 Å². The van der Waals surface area contributed by atoms with Gasteiger partial charge in [0.15, 0.2) is 0 Å². The molecule has 1 aliphatic rings. The second kappa shape index (κ2) is 13.9. The molecule has 0 amide bonds. The quantitative estimate of drug-likeness (QED) is 0.157. The van der Waals surface area contributed by atoms with Crippen molar-refractivity contribution in [2.24, 2.45) is 0 Å². The lowest BCUT2D eigenvalue weighted by molar-refractivity contribution is 0.660. The van der Waals surface area contributed by atoms with Crippen LogP contribution in [0.3, 0.4) is 0 Å². The maximum atomic E-state index is 4.59. The van der Waals surface area contributed by atoms with Crippen molar-refractivity contribution in [2.75, 3.05) is 9.80 Å². The summed E-state index contributed by atoms with van der Waals surface area (Å²) in [7, 11) is 0. The molecule has 1 heterocycles. The Hall–Kier alpha value is -6.71. The lowest BCUT2D eigenvalue weighted by Crippen LogP contribution is -2.15. The van der Waals surface area contributed by atoms with Gasteiger partial charge in [-0.05, 0) is 131 Å². The molecule has 1 aromatic heterocycles. The zero-order valence-electron chi connectivity index (χ0n) is 31.7. The Morgan fingerprint density at radius 3 is 1.44 bits per heavy atom. The summed E-state index contributed by atoms with van der Waals surface area (Å²) >= 11 is 0. The third-order valence-corrected chi connectivity index (χ3v) is 11.2. The number of pyridine rings is 1. The molecule has 0 N–H and O–H groups in total. The maximum absolute atomic E-state index is 4.59. The largest absolute Gasteiger partial charge is 0.310 e.